The molecule has 2 aromatic rings. The molecular formula is C22H24N2O4S. The predicted molar refractivity (Wildman–Crippen MR) is 112 cm³/mol. The van der Waals surface area contributed by atoms with E-state index < -0.39 is 10.0 Å². The summed E-state index contributed by atoms with van der Waals surface area (Å²) >= 11 is 0. The molecule has 7 heteroatoms. The number of allylic oxidation sites excluding steroid dienone is 1. The Kier molecular flexibility index (Phi) is 6.30. The number of piperazine rings is 1. The molecule has 0 radical (unpaired) electrons. The van der Waals surface area contributed by atoms with Gasteiger partial charge in [-0.25, -0.2) is 8.42 Å². The molecule has 1 fully saturated rings. The van der Waals surface area contributed by atoms with Gasteiger partial charge < -0.3 is 4.90 Å². The van der Waals surface area contributed by atoms with Gasteiger partial charge in [-0.3, -0.25) is 9.59 Å². The van der Waals surface area contributed by atoms with Crippen LogP contribution in [0.4, 0.5) is 0 Å². The van der Waals surface area contributed by atoms with Crippen molar-refractivity contribution in [1.82, 2.24) is 9.21 Å². The summed E-state index contributed by atoms with van der Waals surface area (Å²) in [5.41, 5.74) is 2.33. The number of carbonyl (C=O) groups is 2. The smallest absolute Gasteiger partial charge is 0.246 e. The zero-order valence-electron chi connectivity index (χ0n) is 16.5. The normalized spacial score (nSPS) is 15.9. The fraction of sp³-hybridized carbons (Fsp3) is 0.273. The number of amides is 1. The summed E-state index contributed by atoms with van der Waals surface area (Å²) < 4.78 is 27.0. The summed E-state index contributed by atoms with van der Waals surface area (Å²) in [7, 11) is -3.65. The monoisotopic (exact) mass is 412 g/mol. The highest BCUT2D eigenvalue weighted by Crippen LogP contribution is 2.19. The van der Waals surface area contributed by atoms with Crippen LogP contribution in [0.3, 0.4) is 0 Å². The average Bonchev–Trinajstić information content (AvgIpc) is 2.74. The third-order valence-electron chi connectivity index (χ3n) is 5.02. The van der Waals surface area contributed by atoms with E-state index in [1.807, 2.05) is 37.3 Å². The van der Waals surface area contributed by atoms with E-state index in [4.69, 9.17) is 0 Å². The molecule has 1 amide bonds. The number of nitrogens with zero attached hydrogens (tertiary/aromatic N) is 2. The van der Waals surface area contributed by atoms with Crippen LogP contribution in [-0.2, 0) is 14.8 Å². The SMILES string of the molecule is CC(=O)c1ccc(S(=O)(=O)N2CCN(C(=O)/C=C(/C)c3ccccc3)CC2)cc1. The molecule has 1 saturated heterocycles. The molecule has 1 aliphatic heterocycles. The van der Waals surface area contributed by atoms with E-state index in [2.05, 4.69) is 0 Å². The average molecular weight is 413 g/mol. The van der Waals surface area contributed by atoms with E-state index in [0.717, 1.165) is 11.1 Å². The Bertz CT molecular complexity index is 1020. The van der Waals surface area contributed by atoms with Crippen LogP contribution in [0.15, 0.2) is 65.6 Å². The molecule has 1 aliphatic rings. The fourth-order valence-electron chi connectivity index (χ4n) is 3.22. The molecule has 152 valence electrons. The minimum atomic E-state index is -3.65. The van der Waals surface area contributed by atoms with Crippen molar-refractivity contribution in [2.45, 2.75) is 18.7 Å². The number of benzene rings is 2. The van der Waals surface area contributed by atoms with Crippen molar-refractivity contribution in [1.29, 1.82) is 0 Å². The zero-order valence-corrected chi connectivity index (χ0v) is 17.4. The van der Waals surface area contributed by atoms with E-state index in [-0.39, 0.29) is 29.7 Å². The molecule has 3 rings (SSSR count). The highest BCUT2D eigenvalue weighted by Gasteiger charge is 2.29. The van der Waals surface area contributed by atoms with Gasteiger partial charge in [-0.2, -0.15) is 4.31 Å². The van der Waals surface area contributed by atoms with Gasteiger partial charge in [-0.15, -0.1) is 0 Å². The van der Waals surface area contributed by atoms with E-state index in [1.165, 1.54) is 35.5 Å². The molecule has 1 heterocycles. The summed E-state index contributed by atoms with van der Waals surface area (Å²) in [6.45, 7) is 4.47. The van der Waals surface area contributed by atoms with E-state index in [9.17, 15) is 18.0 Å². The maximum Gasteiger partial charge on any atom is 0.246 e. The van der Waals surface area contributed by atoms with Gasteiger partial charge in [0.2, 0.25) is 15.9 Å². The van der Waals surface area contributed by atoms with E-state index in [1.54, 1.807) is 11.0 Å². The highest BCUT2D eigenvalue weighted by atomic mass is 32.2. The van der Waals surface area contributed by atoms with Crippen LogP contribution in [-0.4, -0.2) is 55.5 Å². The lowest BCUT2D eigenvalue weighted by Crippen LogP contribution is -2.50. The van der Waals surface area contributed by atoms with Crippen molar-refractivity contribution < 1.29 is 18.0 Å². The van der Waals surface area contributed by atoms with Gasteiger partial charge in [0.25, 0.3) is 0 Å². The van der Waals surface area contributed by atoms with Crippen LogP contribution >= 0.6 is 0 Å². The lowest BCUT2D eigenvalue weighted by molar-refractivity contribution is -0.127. The molecular weight excluding hydrogens is 388 g/mol. The number of hydrogen-bond donors (Lipinski definition) is 0. The van der Waals surface area contributed by atoms with Crippen LogP contribution in [0.5, 0.6) is 0 Å². The number of carbonyl (C=O) groups excluding carboxylic acids is 2. The summed E-state index contributed by atoms with van der Waals surface area (Å²) in [4.78, 5) is 25.8. The van der Waals surface area contributed by atoms with Crippen molar-refractivity contribution in [2.24, 2.45) is 0 Å². The summed E-state index contributed by atoms with van der Waals surface area (Å²) in [6.07, 6.45) is 1.60. The molecule has 0 N–H and O–H groups in total. The van der Waals surface area contributed by atoms with E-state index >= 15 is 0 Å². The van der Waals surface area contributed by atoms with Crippen LogP contribution in [0.25, 0.3) is 5.57 Å². The number of rotatable bonds is 5. The van der Waals surface area contributed by atoms with Crippen LogP contribution < -0.4 is 0 Å². The molecule has 0 spiro atoms. The van der Waals surface area contributed by atoms with Crippen molar-refractivity contribution in [3.63, 3.8) is 0 Å². The Morgan fingerprint density at radius 2 is 1.41 bits per heavy atom. The molecule has 2 aromatic carbocycles. The van der Waals surface area contributed by atoms with Crippen LogP contribution in [0.2, 0.25) is 0 Å². The minimum absolute atomic E-state index is 0.111. The number of Topliss-reactive ketones (excluding diaryl/α,β-unsaturated/α-hetero) is 1. The first-order valence-corrected chi connectivity index (χ1v) is 10.9. The zero-order chi connectivity index (χ0) is 21.0. The number of hydrogen-bond acceptors (Lipinski definition) is 4. The summed E-state index contributed by atoms with van der Waals surface area (Å²) in [5, 5.41) is 0. The van der Waals surface area contributed by atoms with Crippen molar-refractivity contribution in [3.8, 4) is 0 Å². The second kappa shape index (κ2) is 8.71. The number of ketones is 1. The third-order valence-corrected chi connectivity index (χ3v) is 6.93. The van der Waals surface area contributed by atoms with Crippen LogP contribution in [0.1, 0.15) is 29.8 Å². The molecule has 0 atom stereocenters. The van der Waals surface area contributed by atoms with Crippen LogP contribution in [0, 0.1) is 0 Å². The first-order valence-electron chi connectivity index (χ1n) is 9.43. The van der Waals surface area contributed by atoms with Gasteiger partial charge in [0, 0.05) is 37.8 Å². The van der Waals surface area contributed by atoms with Gasteiger partial charge >= 0.3 is 0 Å². The first kappa shape index (κ1) is 21.0. The topological polar surface area (TPSA) is 74.8 Å². The maximum absolute atomic E-state index is 12.8. The highest BCUT2D eigenvalue weighted by molar-refractivity contribution is 7.89. The third kappa shape index (κ3) is 4.81. The van der Waals surface area contributed by atoms with Gasteiger partial charge in [-0.1, -0.05) is 42.5 Å². The Hall–Kier alpha value is -2.77. The Morgan fingerprint density at radius 3 is 1.97 bits per heavy atom. The molecule has 0 saturated carbocycles. The fourth-order valence-corrected chi connectivity index (χ4v) is 4.64. The minimum Gasteiger partial charge on any atom is -0.337 e. The lowest BCUT2D eigenvalue weighted by Gasteiger charge is -2.33. The first-order chi connectivity index (χ1) is 13.8. The molecule has 6 nitrogen and oxygen atoms in total. The standard InChI is InChI=1S/C22H24N2O4S/c1-17(19-6-4-3-5-7-19)16-22(26)23-12-14-24(15-13-23)29(27,28)21-10-8-20(9-11-21)18(2)25/h3-11,16H,12-15H2,1-2H3/b17-16-. The second-order valence-electron chi connectivity index (χ2n) is 7.00. The molecule has 0 unspecified atom stereocenters. The quantitative estimate of drug-likeness (QED) is 0.559. The summed E-state index contributed by atoms with van der Waals surface area (Å²) in [5.74, 6) is -0.228. The molecule has 29 heavy (non-hydrogen) atoms. The van der Waals surface area contributed by atoms with Crippen molar-refractivity contribution in [3.05, 3.63) is 71.8 Å². The lowest BCUT2D eigenvalue weighted by atomic mass is 10.1. The Morgan fingerprint density at radius 1 is 0.828 bits per heavy atom. The maximum atomic E-state index is 12.8. The van der Waals surface area contributed by atoms with Crippen molar-refractivity contribution >= 4 is 27.3 Å². The Balaban J connectivity index is 1.65. The second-order valence-corrected chi connectivity index (χ2v) is 8.94. The van der Waals surface area contributed by atoms with Gasteiger partial charge in [0.05, 0.1) is 4.90 Å². The largest absolute Gasteiger partial charge is 0.337 e. The number of sulfonamides is 1. The predicted octanol–water partition coefficient (Wildman–Crippen LogP) is 2.83. The van der Waals surface area contributed by atoms with Gasteiger partial charge in [0.1, 0.15) is 0 Å². The molecule has 0 aliphatic carbocycles. The Labute approximate surface area is 171 Å². The van der Waals surface area contributed by atoms with Gasteiger partial charge in [0.15, 0.2) is 5.78 Å². The van der Waals surface area contributed by atoms with Gasteiger partial charge in [-0.05, 0) is 37.1 Å². The van der Waals surface area contributed by atoms with Crippen molar-refractivity contribution in [2.75, 3.05) is 26.2 Å². The van der Waals surface area contributed by atoms with E-state index in [0.29, 0.717) is 18.7 Å². The summed E-state index contributed by atoms with van der Waals surface area (Å²) in [6, 6.07) is 15.6. The molecule has 0 bridgehead atoms. The molecule has 0 aromatic heterocycles.